The lowest BCUT2D eigenvalue weighted by molar-refractivity contribution is -0.152. The molecule has 0 aliphatic carbocycles. The summed E-state index contributed by atoms with van der Waals surface area (Å²) in [4.78, 5) is 33.2. The van der Waals surface area contributed by atoms with Crippen molar-refractivity contribution < 1.29 is 19.1 Å². The molecule has 1 amide bonds. The molecule has 1 aromatic carbocycles. The third-order valence-electron chi connectivity index (χ3n) is 3.88. The molecule has 1 N–H and O–H groups in total. The van der Waals surface area contributed by atoms with E-state index in [1.807, 2.05) is 31.2 Å². The first kappa shape index (κ1) is 20.5. The largest absolute Gasteiger partial charge is 0.492 e. The molecule has 0 spiro atoms. The maximum absolute atomic E-state index is 12.4. The van der Waals surface area contributed by atoms with Crippen molar-refractivity contribution in [1.82, 2.24) is 9.97 Å². The molecule has 3 aromatic rings. The Morgan fingerprint density at radius 3 is 2.72 bits per heavy atom. The summed E-state index contributed by atoms with van der Waals surface area (Å²) in [6.07, 6.45) is 0.719. The molecule has 0 saturated heterocycles. The Labute approximate surface area is 172 Å². The first-order valence-corrected chi connectivity index (χ1v) is 10.0. The van der Waals surface area contributed by atoms with Crippen molar-refractivity contribution in [2.75, 3.05) is 11.9 Å². The number of amides is 1. The molecule has 8 heteroatoms. The van der Waals surface area contributed by atoms with Gasteiger partial charge in [-0.1, -0.05) is 18.2 Å². The number of nitrogens with zero attached hydrogens (tertiary/aromatic N) is 2. The number of hydrogen-bond acceptors (Lipinski definition) is 7. The highest BCUT2D eigenvalue weighted by Gasteiger charge is 2.20. The number of carbonyl (C=O) groups is 2. The molecule has 3 rings (SSSR count). The van der Waals surface area contributed by atoms with E-state index in [2.05, 4.69) is 15.3 Å². The fourth-order valence-electron chi connectivity index (χ4n) is 2.52. The molecule has 0 bridgehead atoms. The number of rotatable bonds is 8. The van der Waals surface area contributed by atoms with E-state index in [0.717, 1.165) is 10.7 Å². The van der Waals surface area contributed by atoms with E-state index in [1.165, 1.54) is 18.3 Å². The van der Waals surface area contributed by atoms with E-state index in [9.17, 15) is 9.59 Å². The van der Waals surface area contributed by atoms with Crippen molar-refractivity contribution in [2.24, 2.45) is 0 Å². The summed E-state index contributed by atoms with van der Waals surface area (Å²) >= 11 is 1.40. The Morgan fingerprint density at radius 1 is 1.17 bits per heavy atom. The highest BCUT2D eigenvalue weighted by molar-refractivity contribution is 7.13. The van der Waals surface area contributed by atoms with Crippen LogP contribution in [0.3, 0.4) is 0 Å². The van der Waals surface area contributed by atoms with Crippen LogP contribution in [0.25, 0.3) is 10.7 Å². The quantitative estimate of drug-likeness (QED) is 0.568. The minimum atomic E-state index is -0.953. The van der Waals surface area contributed by atoms with Crippen LogP contribution < -0.4 is 10.1 Å². The van der Waals surface area contributed by atoms with E-state index < -0.39 is 18.0 Å². The summed E-state index contributed by atoms with van der Waals surface area (Å²) in [5, 5.41) is 5.24. The fourth-order valence-corrected chi connectivity index (χ4v) is 3.32. The molecule has 7 nitrogen and oxygen atoms in total. The minimum absolute atomic E-state index is 0.0174. The molecule has 150 valence electrons. The predicted octanol–water partition coefficient (Wildman–Crippen LogP) is 3.72. The lowest BCUT2D eigenvalue weighted by Gasteiger charge is -2.15. The maximum atomic E-state index is 12.4. The zero-order valence-corrected chi connectivity index (χ0v) is 16.9. The second kappa shape index (κ2) is 9.79. The number of benzene rings is 1. The van der Waals surface area contributed by atoms with Crippen LogP contribution in [0.4, 0.5) is 5.69 Å². The van der Waals surface area contributed by atoms with Gasteiger partial charge in [-0.25, -0.2) is 4.98 Å². The standard InChI is InChI=1S/C21H21N3O4S/c1-3-27-18-10-5-4-8-16(18)24-20(26)14(2)28-19(25)12-15-13-29-21(23-15)17-9-6-7-11-22-17/h4-11,13-14H,3,12H2,1-2H3,(H,24,26). The van der Waals surface area contributed by atoms with Gasteiger partial charge in [0.1, 0.15) is 10.8 Å². The maximum Gasteiger partial charge on any atom is 0.312 e. The number of aromatic nitrogens is 2. The second-order valence-electron chi connectivity index (χ2n) is 6.09. The molecule has 0 saturated carbocycles. The number of hydrogen-bond donors (Lipinski definition) is 1. The molecule has 0 aliphatic heterocycles. The summed E-state index contributed by atoms with van der Waals surface area (Å²) in [6, 6.07) is 12.7. The number of esters is 1. The highest BCUT2D eigenvalue weighted by atomic mass is 32.1. The molecule has 1 unspecified atom stereocenters. The first-order valence-electron chi connectivity index (χ1n) is 9.14. The van der Waals surface area contributed by atoms with Crippen LogP contribution >= 0.6 is 11.3 Å². The molecule has 1 atom stereocenters. The molecule has 29 heavy (non-hydrogen) atoms. The summed E-state index contributed by atoms with van der Waals surface area (Å²) in [5.74, 6) is -0.395. The first-order chi connectivity index (χ1) is 14.1. The van der Waals surface area contributed by atoms with Gasteiger partial charge in [0, 0.05) is 11.6 Å². The molecule has 0 fully saturated rings. The number of carbonyl (C=O) groups excluding carboxylic acids is 2. The van der Waals surface area contributed by atoms with Gasteiger partial charge < -0.3 is 14.8 Å². The number of nitrogens with one attached hydrogen (secondary N) is 1. The molecular formula is C21H21N3O4S. The minimum Gasteiger partial charge on any atom is -0.492 e. The van der Waals surface area contributed by atoms with Crippen LogP contribution in [0, 0.1) is 0 Å². The lowest BCUT2D eigenvalue weighted by atomic mass is 10.2. The molecule has 2 aromatic heterocycles. The van der Waals surface area contributed by atoms with E-state index in [0.29, 0.717) is 23.7 Å². The van der Waals surface area contributed by atoms with Crippen LogP contribution in [0.2, 0.25) is 0 Å². The molecular weight excluding hydrogens is 390 g/mol. The number of para-hydroxylation sites is 2. The van der Waals surface area contributed by atoms with Crippen molar-refractivity contribution >= 4 is 28.9 Å². The van der Waals surface area contributed by atoms with Crippen LogP contribution in [0.1, 0.15) is 19.5 Å². The average Bonchev–Trinajstić information content (AvgIpc) is 3.18. The number of pyridine rings is 1. The van der Waals surface area contributed by atoms with Gasteiger partial charge in [0.05, 0.1) is 30.1 Å². The Kier molecular flexibility index (Phi) is 6.91. The van der Waals surface area contributed by atoms with Gasteiger partial charge in [-0.2, -0.15) is 0 Å². The van der Waals surface area contributed by atoms with Crippen LogP contribution in [-0.2, 0) is 20.7 Å². The Balaban J connectivity index is 1.55. The van der Waals surface area contributed by atoms with Crippen molar-refractivity contribution in [1.29, 1.82) is 0 Å². The average molecular weight is 411 g/mol. The van der Waals surface area contributed by atoms with Crippen molar-refractivity contribution in [3.63, 3.8) is 0 Å². The topological polar surface area (TPSA) is 90.4 Å². The van der Waals surface area contributed by atoms with Crippen molar-refractivity contribution in [2.45, 2.75) is 26.4 Å². The van der Waals surface area contributed by atoms with Gasteiger partial charge in [-0.05, 0) is 38.1 Å². The van der Waals surface area contributed by atoms with Crippen molar-refractivity contribution in [3.05, 3.63) is 59.7 Å². The van der Waals surface area contributed by atoms with Gasteiger partial charge in [-0.15, -0.1) is 11.3 Å². The molecule has 0 aliphatic rings. The highest BCUT2D eigenvalue weighted by Crippen LogP contribution is 2.24. The van der Waals surface area contributed by atoms with E-state index in [-0.39, 0.29) is 6.42 Å². The predicted molar refractivity (Wildman–Crippen MR) is 111 cm³/mol. The van der Waals surface area contributed by atoms with Crippen molar-refractivity contribution in [3.8, 4) is 16.5 Å². The molecule has 0 radical (unpaired) electrons. The SMILES string of the molecule is CCOc1ccccc1NC(=O)C(C)OC(=O)Cc1csc(-c2ccccn2)n1. The third-order valence-corrected chi connectivity index (χ3v) is 4.80. The van der Waals surface area contributed by atoms with Gasteiger partial charge in [0.15, 0.2) is 6.10 Å². The summed E-state index contributed by atoms with van der Waals surface area (Å²) < 4.78 is 10.7. The Morgan fingerprint density at radius 2 is 1.97 bits per heavy atom. The van der Waals surface area contributed by atoms with Crippen LogP contribution in [-0.4, -0.2) is 34.6 Å². The normalized spacial score (nSPS) is 11.5. The summed E-state index contributed by atoms with van der Waals surface area (Å²) in [7, 11) is 0. The van der Waals surface area contributed by atoms with Gasteiger partial charge in [0.25, 0.3) is 5.91 Å². The summed E-state index contributed by atoms with van der Waals surface area (Å²) in [5.41, 5.74) is 1.86. The van der Waals surface area contributed by atoms with Gasteiger partial charge >= 0.3 is 5.97 Å². The Bertz CT molecular complexity index is 975. The number of thiazole rings is 1. The number of anilines is 1. The molecule has 2 heterocycles. The van der Waals surface area contributed by atoms with E-state index in [4.69, 9.17) is 9.47 Å². The fraction of sp³-hybridized carbons (Fsp3) is 0.238. The smallest absolute Gasteiger partial charge is 0.312 e. The monoisotopic (exact) mass is 411 g/mol. The van der Waals surface area contributed by atoms with Gasteiger partial charge in [-0.3, -0.25) is 14.6 Å². The Hall–Kier alpha value is -3.26. The van der Waals surface area contributed by atoms with Crippen LogP contribution in [0.5, 0.6) is 5.75 Å². The van der Waals surface area contributed by atoms with E-state index in [1.54, 1.807) is 29.8 Å². The van der Waals surface area contributed by atoms with Crippen LogP contribution in [0.15, 0.2) is 54.0 Å². The second-order valence-corrected chi connectivity index (χ2v) is 6.94. The third kappa shape index (κ3) is 5.61. The van der Waals surface area contributed by atoms with Gasteiger partial charge in [0.2, 0.25) is 0 Å². The zero-order valence-electron chi connectivity index (χ0n) is 16.1. The summed E-state index contributed by atoms with van der Waals surface area (Å²) in [6.45, 7) is 3.86. The van der Waals surface area contributed by atoms with E-state index >= 15 is 0 Å². The zero-order chi connectivity index (χ0) is 20.6. The number of ether oxygens (including phenoxy) is 2. The lowest BCUT2D eigenvalue weighted by Crippen LogP contribution is -2.30.